The summed E-state index contributed by atoms with van der Waals surface area (Å²) in [6.45, 7) is 6.90. The van der Waals surface area contributed by atoms with Gasteiger partial charge in [-0.05, 0) is 43.1 Å². The van der Waals surface area contributed by atoms with E-state index in [1.54, 1.807) is 13.0 Å². The van der Waals surface area contributed by atoms with Gasteiger partial charge in [0, 0.05) is 38.3 Å². The van der Waals surface area contributed by atoms with E-state index >= 15 is 0 Å². The van der Waals surface area contributed by atoms with Crippen molar-refractivity contribution in [1.29, 1.82) is 0 Å². The zero-order valence-electron chi connectivity index (χ0n) is 12.8. The van der Waals surface area contributed by atoms with Crippen molar-refractivity contribution in [1.82, 2.24) is 10.6 Å². The molecule has 21 heavy (non-hydrogen) atoms. The van der Waals surface area contributed by atoms with Crippen LogP contribution in [0.5, 0.6) is 0 Å². The third kappa shape index (κ3) is 4.43. The normalized spacial score (nSPS) is 16.0. The highest BCUT2D eigenvalue weighted by atomic mass is 19.1. The van der Waals surface area contributed by atoms with Crippen LogP contribution in [0.1, 0.15) is 32.3 Å². The molecule has 2 N–H and O–H groups in total. The molecule has 1 fully saturated rings. The fraction of sp³-hybridized carbons (Fsp3) is 0.562. The Labute approximate surface area is 125 Å². The summed E-state index contributed by atoms with van der Waals surface area (Å²) in [7, 11) is 0. The van der Waals surface area contributed by atoms with E-state index < -0.39 is 0 Å². The van der Waals surface area contributed by atoms with Crippen molar-refractivity contribution in [3.05, 3.63) is 29.6 Å². The van der Waals surface area contributed by atoms with Crippen LogP contribution in [0.4, 0.5) is 10.1 Å². The Kier molecular flexibility index (Phi) is 5.56. The summed E-state index contributed by atoms with van der Waals surface area (Å²) in [4.78, 5) is 13.4. The quantitative estimate of drug-likeness (QED) is 0.873. The molecule has 1 saturated heterocycles. The fourth-order valence-electron chi connectivity index (χ4n) is 2.82. The Morgan fingerprint density at radius 3 is 2.71 bits per heavy atom. The van der Waals surface area contributed by atoms with Gasteiger partial charge < -0.3 is 15.5 Å². The molecule has 0 spiro atoms. The Morgan fingerprint density at radius 1 is 1.38 bits per heavy atom. The zero-order chi connectivity index (χ0) is 15.2. The molecular weight excluding hydrogens is 269 g/mol. The number of piperidine rings is 1. The molecule has 116 valence electrons. The predicted octanol–water partition coefficient (Wildman–Crippen LogP) is 2.04. The highest BCUT2D eigenvalue weighted by Crippen LogP contribution is 2.25. The van der Waals surface area contributed by atoms with Crippen molar-refractivity contribution in [3.63, 3.8) is 0 Å². The molecule has 4 nitrogen and oxygen atoms in total. The number of anilines is 1. The third-order valence-electron chi connectivity index (χ3n) is 3.85. The SMILES string of the molecule is CCNCc1cc(F)ccc1N1CCC(NC(C)=O)CC1. The first kappa shape index (κ1) is 15.8. The maximum absolute atomic E-state index is 13.5. The molecule has 0 unspecified atom stereocenters. The molecule has 0 radical (unpaired) electrons. The van der Waals surface area contributed by atoms with Crippen LogP contribution in [-0.2, 0) is 11.3 Å². The molecule has 1 heterocycles. The monoisotopic (exact) mass is 293 g/mol. The van der Waals surface area contributed by atoms with Gasteiger partial charge in [0.25, 0.3) is 0 Å². The van der Waals surface area contributed by atoms with Gasteiger partial charge in [-0.3, -0.25) is 4.79 Å². The minimum Gasteiger partial charge on any atom is -0.371 e. The van der Waals surface area contributed by atoms with Gasteiger partial charge in [-0.1, -0.05) is 6.92 Å². The number of rotatable bonds is 5. The van der Waals surface area contributed by atoms with Gasteiger partial charge in [0.2, 0.25) is 5.91 Å². The topological polar surface area (TPSA) is 44.4 Å². The second kappa shape index (κ2) is 7.41. The van der Waals surface area contributed by atoms with Crippen LogP contribution in [0.2, 0.25) is 0 Å². The summed E-state index contributed by atoms with van der Waals surface area (Å²) in [5.41, 5.74) is 2.09. The predicted molar refractivity (Wildman–Crippen MR) is 82.8 cm³/mol. The highest BCUT2D eigenvalue weighted by Gasteiger charge is 2.21. The fourth-order valence-corrected chi connectivity index (χ4v) is 2.82. The van der Waals surface area contributed by atoms with E-state index in [4.69, 9.17) is 0 Å². The van der Waals surface area contributed by atoms with E-state index in [0.717, 1.165) is 43.7 Å². The van der Waals surface area contributed by atoms with Crippen LogP contribution >= 0.6 is 0 Å². The van der Waals surface area contributed by atoms with Crippen molar-refractivity contribution in [2.75, 3.05) is 24.5 Å². The van der Waals surface area contributed by atoms with Crippen LogP contribution in [0.3, 0.4) is 0 Å². The van der Waals surface area contributed by atoms with E-state index in [9.17, 15) is 9.18 Å². The zero-order valence-corrected chi connectivity index (χ0v) is 12.8. The second-order valence-corrected chi connectivity index (χ2v) is 5.52. The lowest BCUT2D eigenvalue weighted by atomic mass is 10.0. The summed E-state index contributed by atoms with van der Waals surface area (Å²) in [6, 6.07) is 5.25. The number of benzene rings is 1. The van der Waals surface area contributed by atoms with E-state index in [2.05, 4.69) is 15.5 Å². The minimum atomic E-state index is -0.195. The van der Waals surface area contributed by atoms with Gasteiger partial charge in [-0.25, -0.2) is 4.39 Å². The smallest absolute Gasteiger partial charge is 0.217 e. The number of carbonyl (C=O) groups excluding carboxylic acids is 1. The molecule has 1 amide bonds. The number of carbonyl (C=O) groups is 1. The van der Waals surface area contributed by atoms with Gasteiger partial charge >= 0.3 is 0 Å². The molecular formula is C16H24FN3O. The largest absolute Gasteiger partial charge is 0.371 e. The van der Waals surface area contributed by atoms with Crippen LogP contribution in [-0.4, -0.2) is 31.6 Å². The highest BCUT2D eigenvalue weighted by molar-refractivity contribution is 5.73. The summed E-state index contributed by atoms with van der Waals surface area (Å²) >= 11 is 0. The minimum absolute atomic E-state index is 0.0306. The molecule has 0 saturated carbocycles. The van der Waals surface area contributed by atoms with Gasteiger partial charge in [0.1, 0.15) is 5.82 Å². The number of hydrogen-bond donors (Lipinski definition) is 2. The average molecular weight is 293 g/mol. The first-order valence-corrected chi connectivity index (χ1v) is 7.61. The van der Waals surface area contributed by atoms with Crippen LogP contribution in [0.25, 0.3) is 0 Å². The number of halogens is 1. The van der Waals surface area contributed by atoms with E-state index in [0.29, 0.717) is 6.54 Å². The standard InChI is InChI=1S/C16H24FN3O/c1-3-18-11-13-10-14(17)4-5-16(13)20-8-6-15(7-9-20)19-12(2)21/h4-5,10,15,18H,3,6-9,11H2,1-2H3,(H,19,21). The molecule has 1 aliphatic heterocycles. The summed E-state index contributed by atoms with van der Waals surface area (Å²) in [5, 5.41) is 6.23. The first-order chi connectivity index (χ1) is 10.1. The lowest BCUT2D eigenvalue weighted by Gasteiger charge is -2.35. The number of nitrogens with zero attached hydrogens (tertiary/aromatic N) is 1. The van der Waals surface area contributed by atoms with Crippen LogP contribution < -0.4 is 15.5 Å². The maximum atomic E-state index is 13.5. The lowest BCUT2D eigenvalue weighted by molar-refractivity contribution is -0.119. The van der Waals surface area contributed by atoms with E-state index in [-0.39, 0.29) is 17.8 Å². The van der Waals surface area contributed by atoms with Crippen LogP contribution in [0, 0.1) is 5.82 Å². The molecule has 0 aliphatic carbocycles. The van der Waals surface area contributed by atoms with Crippen LogP contribution in [0.15, 0.2) is 18.2 Å². The van der Waals surface area contributed by atoms with Crippen molar-refractivity contribution in [2.45, 2.75) is 39.3 Å². The Bertz CT molecular complexity index is 484. The van der Waals surface area contributed by atoms with Crippen molar-refractivity contribution in [3.8, 4) is 0 Å². The van der Waals surface area contributed by atoms with Crippen molar-refractivity contribution < 1.29 is 9.18 Å². The summed E-state index contributed by atoms with van der Waals surface area (Å²) in [6.07, 6.45) is 1.86. The average Bonchev–Trinajstić information content (AvgIpc) is 2.46. The molecule has 5 heteroatoms. The molecule has 1 aliphatic rings. The number of amides is 1. The number of nitrogens with one attached hydrogen (secondary N) is 2. The molecule has 1 aromatic carbocycles. The maximum Gasteiger partial charge on any atom is 0.217 e. The Morgan fingerprint density at radius 2 is 2.10 bits per heavy atom. The van der Waals surface area contributed by atoms with E-state index in [1.807, 2.05) is 13.0 Å². The summed E-state index contributed by atoms with van der Waals surface area (Å²) in [5.74, 6) is -0.164. The Hall–Kier alpha value is -1.62. The van der Waals surface area contributed by atoms with Gasteiger partial charge in [0.15, 0.2) is 0 Å². The van der Waals surface area contributed by atoms with Gasteiger partial charge in [0.05, 0.1) is 0 Å². The van der Waals surface area contributed by atoms with Gasteiger partial charge in [-0.15, -0.1) is 0 Å². The molecule has 0 bridgehead atoms. The molecule has 0 aromatic heterocycles. The molecule has 0 atom stereocenters. The van der Waals surface area contributed by atoms with E-state index in [1.165, 1.54) is 6.07 Å². The van der Waals surface area contributed by atoms with Gasteiger partial charge in [-0.2, -0.15) is 0 Å². The lowest BCUT2D eigenvalue weighted by Crippen LogP contribution is -2.44. The van der Waals surface area contributed by atoms with Crippen molar-refractivity contribution >= 4 is 11.6 Å². The third-order valence-corrected chi connectivity index (χ3v) is 3.85. The Balaban J connectivity index is 2.03. The second-order valence-electron chi connectivity index (χ2n) is 5.52. The number of hydrogen-bond acceptors (Lipinski definition) is 3. The summed E-state index contributed by atoms with van der Waals surface area (Å²) < 4.78 is 13.5. The molecule has 2 rings (SSSR count). The first-order valence-electron chi connectivity index (χ1n) is 7.61. The molecule has 1 aromatic rings. The van der Waals surface area contributed by atoms with Crippen molar-refractivity contribution in [2.24, 2.45) is 0 Å².